The van der Waals surface area contributed by atoms with Crippen molar-refractivity contribution >= 4 is 0 Å². The second-order valence-corrected chi connectivity index (χ2v) is 5.89. The Hall–Kier alpha value is -1.60. The lowest BCUT2D eigenvalue weighted by Crippen LogP contribution is -2.26. The topological polar surface area (TPSA) is 12.0 Å². The summed E-state index contributed by atoms with van der Waals surface area (Å²) in [7, 11) is 0. The van der Waals surface area contributed by atoms with Crippen LogP contribution in [0.4, 0.5) is 0 Å². The third-order valence-electron chi connectivity index (χ3n) is 4.64. The fraction of sp³-hybridized carbons (Fsp3) is 0.368. The molecule has 20 heavy (non-hydrogen) atoms. The maximum atomic E-state index is 3.44. The molecule has 0 unspecified atom stereocenters. The molecule has 104 valence electrons. The van der Waals surface area contributed by atoms with Gasteiger partial charge in [0, 0.05) is 0 Å². The fourth-order valence-electron chi connectivity index (χ4n) is 3.15. The lowest BCUT2D eigenvalue weighted by Gasteiger charge is -2.23. The Morgan fingerprint density at radius 2 is 1.60 bits per heavy atom. The number of hydrogen-bond donors (Lipinski definition) is 1. The second-order valence-electron chi connectivity index (χ2n) is 5.89. The molecule has 0 atom stereocenters. The van der Waals surface area contributed by atoms with Gasteiger partial charge < -0.3 is 5.32 Å². The van der Waals surface area contributed by atoms with Crippen LogP contribution in [0.1, 0.15) is 35.4 Å². The molecule has 0 bridgehead atoms. The monoisotopic (exact) mass is 265 g/mol. The first kappa shape index (κ1) is 13.4. The highest BCUT2D eigenvalue weighted by molar-refractivity contribution is 5.68. The van der Waals surface area contributed by atoms with Crippen molar-refractivity contribution in [1.29, 1.82) is 0 Å². The molecule has 1 nitrogen and oxygen atoms in total. The molecule has 1 aliphatic heterocycles. The lowest BCUT2D eigenvalue weighted by atomic mass is 9.88. The van der Waals surface area contributed by atoms with Crippen LogP contribution in [-0.4, -0.2) is 13.1 Å². The van der Waals surface area contributed by atoms with Gasteiger partial charge in [0.25, 0.3) is 0 Å². The van der Waals surface area contributed by atoms with Gasteiger partial charge >= 0.3 is 0 Å². The first-order chi connectivity index (χ1) is 9.75. The molecule has 2 aromatic carbocycles. The van der Waals surface area contributed by atoms with E-state index in [1.165, 1.54) is 40.7 Å². The van der Waals surface area contributed by atoms with E-state index in [-0.39, 0.29) is 0 Å². The van der Waals surface area contributed by atoms with Crippen LogP contribution in [0.2, 0.25) is 0 Å². The smallest absolute Gasteiger partial charge is 0.00431 e. The van der Waals surface area contributed by atoms with E-state index in [1.807, 2.05) is 0 Å². The van der Waals surface area contributed by atoms with E-state index in [0.29, 0.717) is 0 Å². The SMILES string of the molecule is Cc1cccc(-c2ccc(C3CCNCC3)cc2)c1C. The van der Waals surface area contributed by atoms with Gasteiger partial charge in [0.1, 0.15) is 0 Å². The van der Waals surface area contributed by atoms with Crippen molar-refractivity contribution in [2.75, 3.05) is 13.1 Å². The van der Waals surface area contributed by atoms with Crippen LogP contribution in [0.15, 0.2) is 42.5 Å². The Balaban J connectivity index is 1.87. The van der Waals surface area contributed by atoms with Crippen LogP contribution in [0.25, 0.3) is 11.1 Å². The number of rotatable bonds is 2. The number of nitrogens with one attached hydrogen (secondary N) is 1. The normalized spacial score (nSPS) is 16.3. The lowest BCUT2D eigenvalue weighted by molar-refractivity contribution is 0.460. The van der Waals surface area contributed by atoms with E-state index in [9.17, 15) is 0 Å². The Morgan fingerprint density at radius 1 is 0.900 bits per heavy atom. The predicted octanol–water partition coefficient (Wildman–Crippen LogP) is 4.44. The van der Waals surface area contributed by atoms with Crippen molar-refractivity contribution in [2.45, 2.75) is 32.6 Å². The Kier molecular flexibility index (Phi) is 3.88. The van der Waals surface area contributed by atoms with Gasteiger partial charge in [-0.05, 0) is 73.5 Å². The standard InChI is InChI=1S/C19H23N/c1-14-4-3-5-19(15(14)2)18-8-6-16(7-9-18)17-10-12-20-13-11-17/h3-9,17,20H,10-13H2,1-2H3. The third-order valence-corrected chi connectivity index (χ3v) is 4.64. The van der Waals surface area contributed by atoms with Crippen molar-refractivity contribution in [3.05, 3.63) is 59.2 Å². The minimum Gasteiger partial charge on any atom is -0.317 e. The molecule has 0 aromatic heterocycles. The third kappa shape index (κ3) is 2.64. The van der Waals surface area contributed by atoms with E-state index >= 15 is 0 Å². The van der Waals surface area contributed by atoms with Gasteiger partial charge in [-0.1, -0.05) is 42.5 Å². The van der Waals surface area contributed by atoms with E-state index in [2.05, 4.69) is 61.6 Å². The summed E-state index contributed by atoms with van der Waals surface area (Å²) in [6.07, 6.45) is 2.53. The molecule has 0 saturated carbocycles. The number of benzene rings is 2. The summed E-state index contributed by atoms with van der Waals surface area (Å²) < 4.78 is 0. The molecule has 1 saturated heterocycles. The maximum Gasteiger partial charge on any atom is -0.00431 e. The van der Waals surface area contributed by atoms with E-state index in [1.54, 1.807) is 0 Å². The highest BCUT2D eigenvalue weighted by atomic mass is 14.9. The Bertz CT molecular complexity index is 577. The number of hydrogen-bond acceptors (Lipinski definition) is 1. The van der Waals surface area contributed by atoms with Gasteiger partial charge in [-0.25, -0.2) is 0 Å². The summed E-state index contributed by atoms with van der Waals surface area (Å²) in [6, 6.07) is 15.8. The van der Waals surface area contributed by atoms with Crippen LogP contribution in [0, 0.1) is 13.8 Å². The fourth-order valence-corrected chi connectivity index (χ4v) is 3.15. The minimum atomic E-state index is 0.740. The molecule has 0 radical (unpaired) electrons. The van der Waals surface area contributed by atoms with E-state index in [0.717, 1.165) is 19.0 Å². The van der Waals surface area contributed by atoms with Gasteiger partial charge in [0.2, 0.25) is 0 Å². The van der Waals surface area contributed by atoms with Crippen molar-refractivity contribution in [3.8, 4) is 11.1 Å². The largest absolute Gasteiger partial charge is 0.317 e. The van der Waals surface area contributed by atoms with E-state index in [4.69, 9.17) is 0 Å². The van der Waals surface area contributed by atoms with Gasteiger partial charge in [-0.3, -0.25) is 0 Å². The maximum absolute atomic E-state index is 3.44. The summed E-state index contributed by atoms with van der Waals surface area (Å²) >= 11 is 0. The van der Waals surface area contributed by atoms with E-state index < -0.39 is 0 Å². The first-order valence-electron chi connectivity index (χ1n) is 7.63. The van der Waals surface area contributed by atoms with Crippen LogP contribution < -0.4 is 5.32 Å². The van der Waals surface area contributed by atoms with Crippen LogP contribution in [-0.2, 0) is 0 Å². The molecule has 0 spiro atoms. The summed E-state index contributed by atoms with van der Waals surface area (Å²) in [6.45, 7) is 6.71. The highest BCUT2D eigenvalue weighted by Gasteiger charge is 2.15. The molecular formula is C19H23N. The number of aryl methyl sites for hydroxylation is 1. The minimum absolute atomic E-state index is 0.740. The van der Waals surface area contributed by atoms with Crippen molar-refractivity contribution in [2.24, 2.45) is 0 Å². The van der Waals surface area contributed by atoms with Crippen molar-refractivity contribution in [1.82, 2.24) is 5.32 Å². The van der Waals surface area contributed by atoms with Gasteiger partial charge in [-0.2, -0.15) is 0 Å². The average Bonchev–Trinajstić information content (AvgIpc) is 2.51. The molecular weight excluding hydrogens is 242 g/mol. The molecule has 0 aliphatic carbocycles. The van der Waals surface area contributed by atoms with Gasteiger partial charge in [0.15, 0.2) is 0 Å². The molecule has 1 fully saturated rings. The number of piperidine rings is 1. The molecule has 3 rings (SSSR count). The van der Waals surface area contributed by atoms with Crippen molar-refractivity contribution in [3.63, 3.8) is 0 Å². The first-order valence-corrected chi connectivity index (χ1v) is 7.63. The highest BCUT2D eigenvalue weighted by Crippen LogP contribution is 2.29. The summed E-state index contributed by atoms with van der Waals surface area (Å²) in [5.74, 6) is 0.740. The zero-order valence-electron chi connectivity index (χ0n) is 12.4. The van der Waals surface area contributed by atoms with Crippen LogP contribution in [0.3, 0.4) is 0 Å². The predicted molar refractivity (Wildman–Crippen MR) is 86.2 cm³/mol. The van der Waals surface area contributed by atoms with Gasteiger partial charge in [0.05, 0.1) is 0 Å². The molecule has 0 amide bonds. The molecule has 1 N–H and O–H groups in total. The van der Waals surface area contributed by atoms with Crippen LogP contribution in [0.5, 0.6) is 0 Å². The van der Waals surface area contributed by atoms with Crippen molar-refractivity contribution < 1.29 is 0 Å². The average molecular weight is 265 g/mol. The zero-order chi connectivity index (χ0) is 13.9. The summed E-state index contributed by atoms with van der Waals surface area (Å²) in [5.41, 5.74) is 6.96. The zero-order valence-corrected chi connectivity index (χ0v) is 12.4. The summed E-state index contributed by atoms with van der Waals surface area (Å²) in [4.78, 5) is 0. The molecule has 1 heteroatoms. The van der Waals surface area contributed by atoms with Gasteiger partial charge in [-0.15, -0.1) is 0 Å². The molecule has 1 aliphatic rings. The quantitative estimate of drug-likeness (QED) is 0.846. The second kappa shape index (κ2) is 5.80. The van der Waals surface area contributed by atoms with Crippen LogP contribution >= 0.6 is 0 Å². The molecule has 1 heterocycles. The molecule has 2 aromatic rings. The Morgan fingerprint density at radius 3 is 2.30 bits per heavy atom. The summed E-state index contributed by atoms with van der Waals surface area (Å²) in [5, 5.41) is 3.44. The Labute approximate surface area is 122 Å².